The summed E-state index contributed by atoms with van der Waals surface area (Å²) in [5.74, 6) is 0. The van der Waals surface area contributed by atoms with E-state index in [9.17, 15) is 0 Å². The molecule has 0 aliphatic heterocycles. The van der Waals surface area contributed by atoms with Crippen molar-refractivity contribution in [3.63, 3.8) is 0 Å². The fourth-order valence-corrected chi connectivity index (χ4v) is 2.36. The second kappa shape index (κ2) is 10.0. The zero-order valence-corrected chi connectivity index (χ0v) is 13.0. The largest absolute Gasteiger partial charge is 0.310 e. The Kier molecular flexibility index (Phi) is 8.55. The summed E-state index contributed by atoms with van der Waals surface area (Å²) in [6.07, 6.45) is 15.1. The van der Waals surface area contributed by atoms with Crippen LogP contribution >= 0.6 is 0 Å². The molecule has 1 unspecified atom stereocenters. The molecule has 3 heteroatoms. The van der Waals surface area contributed by atoms with Gasteiger partial charge in [-0.1, -0.05) is 51.9 Å². The first-order valence-corrected chi connectivity index (χ1v) is 7.96. The summed E-state index contributed by atoms with van der Waals surface area (Å²) < 4.78 is 1.86. The number of hydrogen-bond donors (Lipinski definition) is 1. The molecule has 19 heavy (non-hydrogen) atoms. The van der Waals surface area contributed by atoms with Crippen molar-refractivity contribution in [1.82, 2.24) is 15.1 Å². The first kappa shape index (κ1) is 16.2. The van der Waals surface area contributed by atoms with Gasteiger partial charge in [0, 0.05) is 24.8 Å². The van der Waals surface area contributed by atoms with Crippen LogP contribution in [0.1, 0.15) is 76.8 Å². The molecule has 1 rings (SSSR count). The SMILES string of the molecule is CCCCCCCCCCNC(C)c1cnn(C)c1. The fourth-order valence-electron chi connectivity index (χ4n) is 2.36. The number of aryl methyl sites for hydroxylation is 1. The third-order valence-electron chi connectivity index (χ3n) is 3.71. The molecule has 0 spiro atoms. The Morgan fingerprint density at radius 2 is 1.74 bits per heavy atom. The normalized spacial score (nSPS) is 12.8. The lowest BCUT2D eigenvalue weighted by molar-refractivity contribution is 0.521. The standard InChI is InChI=1S/C16H31N3/c1-4-5-6-7-8-9-10-11-12-17-15(2)16-13-18-19(3)14-16/h13-15,17H,4-12H2,1-3H3. The summed E-state index contributed by atoms with van der Waals surface area (Å²) in [7, 11) is 1.97. The maximum atomic E-state index is 4.21. The van der Waals surface area contributed by atoms with E-state index in [-0.39, 0.29) is 0 Å². The molecule has 1 aromatic heterocycles. The molecule has 1 aromatic rings. The summed E-state index contributed by atoms with van der Waals surface area (Å²) in [4.78, 5) is 0. The molecule has 110 valence electrons. The molecular weight excluding hydrogens is 234 g/mol. The summed E-state index contributed by atoms with van der Waals surface area (Å²) in [6, 6.07) is 0.415. The van der Waals surface area contributed by atoms with Gasteiger partial charge < -0.3 is 5.32 Å². The van der Waals surface area contributed by atoms with Crippen molar-refractivity contribution in [3.05, 3.63) is 18.0 Å². The van der Waals surface area contributed by atoms with E-state index in [2.05, 4.69) is 30.5 Å². The molecule has 0 aromatic carbocycles. The van der Waals surface area contributed by atoms with Crippen LogP contribution in [0.5, 0.6) is 0 Å². The minimum Gasteiger partial charge on any atom is -0.310 e. The molecule has 0 bridgehead atoms. The highest BCUT2D eigenvalue weighted by Crippen LogP contribution is 2.11. The van der Waals surface area contributed by atoms with E-state index in [0.717, 1.165) is 6.54 Å². The second-order valence-corrected chi connectivity index (χ2v) is 5.60. The lowest BCUT2D eigenvalue weighted by atomic mass is 10.1. The van der Waals surface area contributed by atoms with E-state index in [1.54, 1.807) is 0 Å². The molecule has 0 radical (unpaired) electrons. The van der Waals surface area contributed by atoms with Crippen molar-refractivity contribution in [2.45, 2.75) is 71.3 Å². The van der Waals surface area contributed by atoms with Gasteiger partial charge in [-0.05, 0) is 19.9 Å². The van der Waals surface area contributed by atoms with Crippen molar-refractivity contribution in [3.8, 4) is 0 Å². The van der Waals surface area contributed by atoms with Gasteiger partial charge in [0.1, 0.15) is 0 Å². The number of aromatic nitrogens is 2. The molecule has 1 atom stereocenters. The van der Waals surface area contributed by atoms with E-state index in [4.69, 9.17) is 0 Å². The molecule has 0 saturated heterocycles. The zero-order chi connectivity index (χ0) is 13.9. The Morgan fingerprint density at radius 1 is 1.11 bits per heavy atom. The predicted octanol–water partition coefficient (Wildman–Crippen LogP) is 4.21. The molecule has 1 heterocycles. The molecule has 0 aliphatic rings. The number of unbranched alkanes of at least 4 members (excludes halogenated alkanes) is 7. The Balaban J connectivity index is 1.93. The van der Waals surface area contributed by atoms with Crippen LogP contribution in [-0.2, 0) is 7.05 Å². The van der Waals surface area contributed by atoms with E-state index in [1.165, 1.54) is 56.9 Å². The molecule has 0 fully saturated rings. The first-order chi connectivity index (χ1) is 9.24. The van der Waals surface area contributed by atoms with Crippen LogP contribution in [-0.4, -0.2) is 16.3 Å². The van der Waals surface area contributed by atoms with Gasteiger partial charge >= 0.3 is 0 Å². The summed E-state index contributed by atoms with van der Waals surface area (Å²) in [5.41, 5.74) is 1.28. The third kappa shape index (κ3) is 7.36. The van der Waals surface area contributed by atoms with Crippen LogP contribution in [0.3, 0.4) is 0 Å². The van der Waals surface area contributed by atoms with Gasteiger partial charge in [-0.25, -0.2) is 0 Å². The summed E-state index contributed by atoms with van der Waals surface area (Å²) in [6.45, 7) is 5.60. The Labute approximate surface area is 118 Å². The minimum atomic E-state index is 0.415. The van der Waals surface area contributed by atoms with Crippen molar-refractivity contribution in [2.75, 3.05) is 6.54 Å². The van der Waals surface area contributed by atoms with Gasteiger partial charge in [-0.3, -0.25) is 4.68 Å². The maximum absolute atomic E-state index is 4.21. The number of nitrogens with zero attached hydrogens (tertiary/aromatic N) is 2. The smallest absolute Gasteiger partial charge is 0.0537 e. The first-order valence-electron chi connectivity index (χ1n) is 7.96. The Hall–Kier alpha value is -0.830. The predicted molar refractivity (Wildman–Crippen MR) is 82.2 cm³/mol. The summed E-state index contributed by atoms with van der Waals surface area (Å²) in [5, 5.41) is 7.78. The van der Waals surface area contributed by atoms with Gasteiger partial charge in [-0.15, -0.1) is 0 Å². The van der Waals surface area contributed by atoms with Crippen molar-refractivity contribution in [2.24, 2.45) is 7.05 Å². The van der Waals surface area contributed by atoms with Gasteiger partial charge in [-0.2, -0.15) is 5.10 Å². The Morgan fingerprint density at radius 3 is 2.32 bits per heavy atom. The number of rotatable bonds is 11. The average molecular weight is 265 g/mol. The van der Waals surface area contributed by atoms with E-state index in [1.807, 2.05) is 17.9 Å². The molecule has 0 amide bonds. The molecule has 1 N–H and O–H groups in total. The molecule has 3 nitrogen and oxygen atoms in total. The van der Waals surface area contributed by atoms with E-state index >= 15 is 0 Å². The topological polar surface area (TPSA) is 29.9 Å². The average Bonchev–Trinajstić information content (AvgIpc) is 2.83. The van der Waals surface area contributed by atoms with E-state index < -0.39 is 0 Å². The van der Waals surface area contributed by atoms with Crippen molar-refractivity contribution in [1.29, 1.82) is 0 Å². The van der Waals surface area contributed by atoms with Crippen molar-refractivity contribution < 1.29 is 0 Å². The molecule has 0 aliphatic carbocycles. The summed E-state index contributed by atoms with van der Waals surface area (Å²) >= 11 is 0. The monoisotopic (exact) mass is 265 g/mol. The van der Waals surface area contributed by atoms with Gasteiger partial charge in [0.05, 0.1) is 6.20 Å². The zero-order valence-electron chi connectivity index (χ0n) is 13.0. The molecular formula is C16H31N3. The maximum Gasteiger partial charge on any atom is 0.0537 e. The van der Waals surface area contributed by atoms with Gasteiger partial charge in [0.15, 0.2) is 0 Å². The second-order valence-electron chi connectivity index (χ2n) is 5.60. The lowest BCUT2D eigenvalue weighted by Crippen LogP contribution is -2.19. The Bertz CT molecular complexity index is 320. The van der Waals surface area contributed by atoms with Gasteiger partial charge in [0.2, 0.25) is 0 Å². The highest BCUT2D eigenvalue weighted by atomic mass is 15.2. The lowest BCUT2D eigenvalue weighted by Gasteiger charge is -2.11. The third-order valence-corrected chi connectivity index (χ3v) is 3.71. The fraction of sp³-hybridized carbons (Fsp3) is 0.812. The van der Waals surface area contributed by atoms with Crippen LogP contribution in [0.15, 0.2) is 12.4 Å². The highest BCUT2D eigenvalue weighted by molar-refractivity contribution is 5.08. The minimum absolute atomic E-state index is 0.415. The van der Waals surface area contributed by atoms with Crippen molar-refractivity contribution >= 4 is 0 Å². The van der Waals surface area contributed by atoms with Crippen LogP contribution in [0.2, 0.25) is 0 Å². The highest BCUT2D eigenvalue weighted by Gasteiger charge is 2.05. The van der Waals surface area contributed by atoms with Crippen LogP contribution in [0, 0.1) is 0 Å². The molecule has 0 saturated carbocycles. The van der Waals surface area contributed by atoms with E-state index in [0.29, 0.717) is 6.04 Å². The van der Waals surface area contributed by atoms with Crippen LogP contribution < -0.4 is 5.32 Å². The quantitative estimate of drug-likeness (QED) is 0.607. The number of nitrogens with one attached hydrogen (secondary N) is 1. The van der Waals surface area contributed by atoms with Gasteiger partial charge in [0.25, 0.3) is 0 Å². The number of hydrogen-bond acceptors (Lipinski definition) is 2. The van der Waals surface area contributed by atoms with Crippen LogP contribution in [0.4, 0.5) is 0 Å². The van der Waals surface area contributed by atoms with Crippen LogP contribution in [0.25, 0.3) is 0 Å².